The molecule has 0 aliphatic rings. The summed E-state index contributed by atoms with van der Waals surface area (Å²) < 4.78 is 26.8. The zero-order valence-electron chi connectivity index (χ0n) is 14.0. The van der Waals surface area contributed by atoms with Crippen LogP contribution in [0.1, 0.15) is 18.9 Å². The maximum atomic E-state index is 12.7. The van der Waals surface area contributed by atoms with Gasteiger partial charge in [0.1, 0.15) is 0 Å². The monoisotopic (exact) mass is 356 g/mol. The molecule has 130 valence electrons. The molecule has 1 unspecified atom stereocenters. The van der Waals surface area contributed by atoms with E-state index in [1.807, 2.05) is 43.3 Å². The van der Waals surface area contributed by atoms with Gasteiger partial charge in [0.05, 0.1) is 11.4 Å². The Morgan fingerprint density at radius 2 is 1.64 bits per heavy atom. The summed E-state index contributed by atoms with van der Waals surface area (Å²) in [5.74, 6) is 0.0265. The number of benzene rings is 2. The number of rotatable bonds is 7. The van der Waals surface area contributed by atoms with Crippen LogP contribution in [-0.4, -0.2) is 34.4 Å². The summed E-state index contributed by atoms with van der Waals surface area (Å²) in [7, 11) is -3.57. The molecule has 0 spiro atoms. The molecule has 0 N–H and O–H groups in total. The average Bonchev–Trinajstić information content (AvgIpc) is 3.12. The number of nitrogens with zero attached hydrogens (tertiary/aromatic N) is 4. The number of para-hydroxylation sites is 1. The highest BCUT2D eigenvalue weighted by Gasteiger charge is 2.26. The highest BCUT2D eigenvalue weighted by Crippen LogP contribution is 2.18. The molecule has 0 saturated carbocycles. The van der Waals surface area contributed by atoms with Crippen molar-refractivity contribution in [3.63, 3.8) is 0 Å². The lowest BCUT2D eigenvalue weighted by Gasteiger charge is -2.12. The molecular weight excluding hydrogens is 336 g/mol. The van der Waals surface area contributed by atoms with E-state index in [1.165, 1.54) is 10.2 Å². The van der Waals surface area contributed by atoms with Crippen molar-refractivity contribution in [1.82, 2.24) is 20.2 Å². The Morgan fingerprint density at radius 3 is 2.32 bits per heavy atom. The molecule has 0 saturated heterocycles. The van der Waals surface area contributed by atoms with Crippen LogP contribution in [0.3, 0.4) is 0 Å². The molecule has 0 aliphatic heterocycles. The number of aromatic nitrogens is 4. The molecule has 3 aromatic rings. The van der Waals surface area contributed by atoms with Crippen LogP contribution in [0, 0.1) is 5.92 Å². The molecule has 0 aliphatic carbocycles. The van der Waals surface area contributed by atoms with Crippen LogP contribution < -0.4 is 0 Å². The second-order valence-corrected chi connectivity index (χ2v) is 8.05. The summed E-state index contributed by atoms with van der Waals surface area (Å²) in [4.78, 5) is 0. The van der Waals surface area contributed by atoms with Crippen LogP contribution in [0.5, 0.6) is 0 Å². The van der Waals surface area contributed by atoms with Crippen molar-refractivity contribution in [3.8, 4) is 5.69 Å². The molecule has 2 aromatic carbocycles. The first kappa shape index (κ1) is 17.3. The third-order valence-corrected chi connectivity index (χ3v) is 5.81. The first-order chi connectivity index (χ1) is 12.1. The van der Waals surface area contributed by atoms with Gasteiger partial charge in [-0.25, -0.2) is 8.42 Å². The zero-order chi connectivity index (χ0) is 17.7. The third kappa shape index (κ3) is 4.30. The second-order valence-electron chi connectivity index (χ2n) is 6.12. The van der Waals surface area contributed by atoms with E-state index in [-0.39, 0.29) is 16.8 Å². The van der Waals surface area contributed by atoms with E-state index < -0.39 is 9.84 Å². The van der Waals surface area contributed by atoms with E-state index in [9.17, 15) is 8.42 Å². The quantitative estimate of drug-likeness (QED) is 0.650. The fourth-order valence-corrected chi connectivity index (χ4v) is 4.33. The maximum Gasteiger partial charge on any atom is 0.272 e. The van der Waals surface area contributed by atoms with Gasteiger partial charge in [0.15, 0.2) is 0 Å². The lowest BCUT2D eigenvalue weighted by molar-refractivity contribution is 0.540. The van der Waals surface area contributed by atoms with Crippen LogP contribution in [0.15, 0.2) is 65.8 Å². The molecule has 1 atom stereocenters. The van der Waals surface area contributed by atoms with Crippen molar-refractivity contribution < 1.29 is 8.42 Å². The van der Waals surface area contributed by atoms with Gasteiger partial charge in [-0.15, -0.1) is 0 Å². The van der Waals surface area contributed by atoms with Gasteiger partial charge in [-0.3, -0.25) is 0 Å². The minimum Gasteiger partial charge on any atom is -0.220 e. The summed E-state index contributed by atoms with van der Waals surface area (Å²) in [6.45, 7) is 1.94. The van der Waals surface area contributed by atoms with Crippen molar-refractivity contribution in [2.75, 3.05) is 5.75 Å². The van der Waals surface area contributed by atoms with Crippen LogP contribution >= 0.6 is 0 Å². The summed E-state index contributed by atoms with van der Waals surface area (Å²) in [5, 5.41) is 11.0. The van der Waals surface area contributed by atoms with Gasteiger partial charge in [-0.2, -0.15) is 4.68 Å². The van der Waals surface area contributed by atoms with Crippen LogP contribution in [0.25, 0.3) is 5.69 Å². The highest BCUT2D eigenvalue weighted by atomic mass is 32.2. The highest BCUT2D eigenvalue weighted by molar-refractivity contribution is 7.91. The van der Waals surface area contributed by atoms with E-state index in [0.717, 1.165) is 12.8 Å². The number of hydrogen-bond acceptors (Lipinski definition) is 5. The van der Waals surface area contributed by atoms with Crippen LogP contribution in [-0.2, 0) is 16.3 Å². The van der Waals surface area contributed by atoms with Crippen LogP contribution in [0.2, 0.25) is 0 Å². The lowest BCUT2D eigenvalue weighted by atomic mass is 10.0. The molecule has 7 heteroatoms. The number of sulfone groups is 1. The van der Waals surface area contributed by atoms with Crippen molar-refractivity contribution in [3.05, 3.63) is 66.2 Å². The first-order valence-electron chi connectivity index (χ1n) is 8.17. The van der Waals surface area contributed by atoms with Gasteiger partial charge < -0.3 is 0 Å². The molecule has 0 radical (unpaired) electrons. The Labute approximate surface area is 147 Å². The minimum atomic E-state index is -3.57. The number of aryl methyl sites for hydroxylation is 1. The molecule has 0 amide bonds. The summed E-state index contributed by atoms with van der Waals surface area (Å²) >= 11 is 0. The van der Waals surface area contributed by atoms with Crippen molar-refractivity contribution in [1.29, 1.82) is 0 Å². The van der Waals surface area contributed by atoms with Crippen LogP contribution in [0.4, 0.5) is 0 Å². The predicted molar refractivity (Wildman–Crippen MR) is 95.1 cm³/mol. The molecule has 0 fully saturated rings. The van der Waals surface area contributed by atoms with Crippen molar-refractivity contribution in [2.45, 2.75) is 24.9 Å². The molecule has 25 heavy (non-hydrogen) atoms. The van der Waals surface area contributed by atoms with Gasteiger partial charge in [0.25, 0.3) is 5.16 Å². The SMILES string of the molecule is CC(CCc1ccccc1)CS(=O)(=O)c1nnnn1-c1ccccc1. The maximum absolute atomic E-state index is 12.7. The van der Waals surface area contributed by atoms with Gasteiger partial charge in [-0.05, 0) is 46.9 Å². The normalized spacial score (nSPS) is 12.8. The number of tetrazole rings is 1. The Balaban J connectivity index is 1.71. The van der Waals surface area contributed by atoms with E-state index in [1.54, 1.807) is 12.1 Å². The minimum absolute atomic E-state index is 0.00568. The van der Waals surface area contributed by atoms with Gasteiger partial charge in [0, 0.05) is 0 Å². The molecular formula is C18H20N4O2S. The summed E-state index contributed by atoms with van der Waals surface area (Å²) in [5.41, 5.74) is 1.84. The lowest BCUT2D eigenvalue weighted by Crippen LogP contribution is -2.19. The topological polar surface area (TPSA) is 77.7 Å². The Kier molecular flexibility index (Phi) is 5.23. The third-order valence-electron chi connectivity index (χ3n) is 3.99. The molecule has 1 heterocycles. The number of hydrogen-bond donors (Lipinski definition) is 0. The van der Waals surface area contributed by atoms with Crippen molar-refractivity contribution >= 4 is 9.84 Å². The second kappa shape index (κ2) is 7.57. The Bertz CT molecular complexity index is 909. The first-order valence-corrected chi connectivity index (χ1v) is 9.82. The summed E-state index contributed by atoms with van der Waals surface area (Å²) in [6, 6.07) is 19.1. The Hall–Kier alpha value is -2.54. The van der Waals surface area contributed by atoms with Gasteiger partial charge >= 0.3 is 0 Å². The molecule has 6 nitrogen and oxygen atoms in total. The van der Waals surface area contributed by atoms with E-state index in [2.05, 4.69) is 27.7 Å². The zero-order valence-corrected chi connectivity index (χ0v) is 14.8. The summed E-state index contributed by atoms with van der Waals surface area (Å²) in [6.07, 6.45) is 1.64. The average molecular weight is 356 g/mol. The molecule has 0 bridgehead atoms. The fourth-order valence-electron chi connectivity index (χ4n) is 2.69. The fraction of sp³-hybridized carbons (Fsp3) is 0.278. The standard InChI is InChI=1S/C18H20N4O2S/c1-15(12-13-16-8-4-2-5-9-16)14-25(23,24)18-19-20-21-22(18)17-10-6-3-7-11-17/h2-11,15H,12-14H2,1H3. The van der Waals surface area contributed by atoms with Gasteiger partial charge in [0.2, 0.25) is 9.84 Å². The van der Waals surface area contributed by atoms with E-state index >= 15 is 0 Å². The largest absolute Gasteiger partial charge is 0.272 e. The predicted octanol–water partition coefficient (Wildman–Crippen LogP) is 2.70. The molecule has 3 rings (SSSR count). The van der Waals surface area contributed by atoms with Gasteiger partial charge in [-0.1, -0.05) is 60.6 Å². The Morgan fingerprint density at radius 1 is 1.00 bits per heavy atom. The smallest absolute Gasteiger partial charge is 0.220 e. The molecule has 1 aromatic heterocycles. The van der Waals surface area contributed by atoms with E-state index in [0.29, 0.717) is 5.69 Å². The van der Waals surface area contributed by atoms with Crippen molar-refractivity contribution in [2.24, 2.45) is 5.92 Å². The van der Waals surface area contributed by atoms with E-state index in [4.69, 9.17) is 0 Å².